The van der Waals surface area contributed by atoms with Gasteiger partial charge in [0.1, 0.15) is 24.0 Å². The van der Waals surface area contributed by atoms with Gasteiger partial charge in [-0.2, -0.15) is 0 Å². The van der Waals surface area contributed by atoms with Crippen LogP contribution in [-0.4, -0.2) is 126 Å². The number of benzene rings is 4. The predicted octanol–water partition coefficient (Wildman–Crippen LogP) is 7.19. The maximum Gasteiger partial charge on any atom is 0.343 e. The first-order valence-corrected chi connectivity index (χ1v) is 22.0. The quantitative estimate of drug-likeness (QED) is 0.0594. The van der Waals surface area contributed by atoms with Crippen LogP contribution in [0.4, 0.5) is 11.4 Å². The summed E-state index contributed by atoms with van der Waals surface area (Å²) in [6, 6.07) is 33.0. The lowest BCUT2D eigenvalue weighted by Gasteiger charge is -2.39. The smallest absolute Gasteiger partial charge is 0.343 e. The number of allylic oxidation sites excluding steroid dienone is 2. The van der Waals surface area contributed by atoms with Gasteiger partial charge in [0, 0.05) is 79.5 Å². The van der Waals surface area contributed by atoms with Crippen molar-refractivity contribution >= 4 is 46.3 Å². The van der Waals surface area contributed by atoms with Gasteiger partial charge in [-0.25, -0.2) is 4.79 Å². The first-order chi connectivity index (χ1) is 31.7. The van der Waals surface area contributed by atoms with Crippen LogP contribution in [-0.2, 0) is 23.9 Å². The van der Waals surface area contributed by atoms with E-state index < -0.39 is 28.0 Å². The van der Waals surface area contributed by atoms with Crippen molar-refractivity contribution < 1.29 is 44.1 Å². The first-order valence-electron chi connectivity index (χ1n) is 21.6. The number of Topliss-reactive ketones (excluding diaryl/α,β-unsaturated/α-hetero) is 1. The molecule has 346 valence electrons. The van der Waals surface area contributed by atoms with Crippen molar-refractivity contribution in [2.24, 2.45) is 10.9 Å². The second-order valence-corrected chi connectivity index (χ2v) is 16.5. The van der Waals surface area contributed by atoms with Crippen molar-refractivity contribution in [3.63, 3.8) is 0 Å². The Labute approximate surface area is 388 Å². The van der Waals surface area contributed by atoms with Gasteiger partial charge in [-0.1, -0.05) is 91.3 Å². The number of hydrogen-bond donors (Lipinski definition) is 3. The van der Waals surface area contributed by atoms with Crippen molar-refractivity contribution in [2.45, 2.75) is 32.9 Å². The van der Waals surface area contributed by atoms with E-state index in [2.05, 4.69) is 57.3 Å². The summed E-state index contributed by atoms with van der Waals surface area (Å²) in [5.74, 6) is -2.80. The molecule has 1 unspecified atom stereocenters. The Morgan fingerprint density at radius 3 is 2.20 bits per heavy atom. The number of carboxylic acids is 1. The molecule has 3 heterocycles. The average molecular weight is 920 g/mol. The molecule has 66 heavy (non-hydrogen) atoms. The number of likely N-dealkylation sites (N-methyl/N-ethyl adjacent to an activating group) is 1. The Hall–Kier alpha value is -6.49. The molecule has 0 spiro atoms. The zero-order chi connectivity index (χ0) is 47.5. The molecule has 16 heteroatoms. The number of ketones is 1. The Balaban J connectivity index is 0.000000166. The first kappa shape index (κ1) is 49.0. The van der Waals surface area contributed by atoms with E-state index in [4.69, 9.17) is 31.3 Å². The third kappa shape index (κ3) is 11.5. The summed E-state index contributed by atoms with van der Waals surface area (Å²) >= 11 is 6.09. The Morgan fingerprint density at radius 2 is 1.58 bits per heavy atom. The molecule has 4 aromatic carbocycles. The van der Waals surface area contributed by atoms with Crippen LogP contribution < -0.4 is 4.90 Å². The number of anilines is 1. The van der Waals surface area contributed by atoms with Gasteiger partial charge >= 0.3 is 5.97 Å². The van der Waals surface area contributed by atoms with E-state index in [9.17, 15) is 29.6 Å². The van der Waals surface area contributed by atoms with Gasteiger partial charge in [-0.05, 0) is 48.7 Å². The number of aliphatic carboxylic acids is 1. The van der Waals surface area contributed by atoms with Crippen LogP contribution in [0.15, 0.2) is 142 Å². The summed E-state index contributed by atoms with van der Waals surface area (Å²) < 4.78 is 10.7. The van der Waals surface area contributed by atoms with Gasteiger partial charge in [-0.15, -0.1) is 0 Å². The molecule has 0 aromatic heterocycles. The molecule has 0 bridgehead atoms. The maximum absolute atomic E-state index is 12.1. The third-order valence-corrected chi connectivity index (χ3v) is 12.2. The fraction of sp³-hybridized carbons (Fsp3) is 0.320. The highest BCUT2D eigenvalue weighted by atomic mass is 35.5. The molecule has 15 nitrogen and oxygen atoms in total. The van der Waals surface area contributed by atoms with E-state index in [1.54, 1.807) is 20.0 Å². The second kappa shape index (κ2) is 22.6. The van der Waals surface area contributed by atoms with Gasteiger partial charge < -0.3 is 29.7 Å². The topological polar surface area (TPSA) is 196 Å². The van der Waals surface area contributed by atoms with E-state index in [1.807, 2.05) is 56.3 Å². The molecule has 1 saturated heterocycles. The monoisotopic (exact) mass is 919 g/mol. The lowest BCUT2D eigenvalue weighted by Crippen LogP contribution is -2.48. The lowest BCUT2D eigenvalue weighted by molar-refractivity contribution is -0.384. The van der Waals surface area contributed by atoms with Crippen LogP contribution in [0.25, 0.3) is 0 Å². The number of benzodiazepines with no additional fused rings is 1. The van der Waals surface area contributed by atoms with Gasteiger partial charge in [0.15, 0.2) is 5.78 Å². The standard InChI is InChI=1S/C21H27ClN2O2.C16H13N3O3.C13H14O5/c22-20-8-6-19(7-9-20)21(18-4-2-1-3-5-18)24-12-10-23(11-13-24)14-16-26-17-15-25;1-18-14-8-7-12(19(21)22)9-13(14)16(17-10-15(18)20)11-5-3-2-4-6-11;1-5-7(3)18-4-8-9(5)6(2)11(14)10(12(8)15)13(16)17/h1-9,21,25H,10-17H2;2-9H,10H2,1H3;4-5,7,15H,1-3H3,(H,16,17)/t;;5-,7-/m..1/s1. The largest absolute Gasteiger partial charge is 0.506 e. The van der Waals surface area contributed by atoms with Crippen LogP contribution in [0, 0.1) is 16.0 Å². The molecule has 0 saturated carbocycles. The van der Waals surface area contributed by atoms with E-state index in [1.165, 1.54) is 34.4 Å². The van der Waals surface area contributed by atoms with E-state index >= 15 is 0 Å². The Kier molecular flexibility index (Phi) is 16.8. The number of carbonyl (C=O) groups excluding carboxylic acids is 2. The summed E-state index contributed by atoms with van der Waals surface area (Å²) in [4.78, 5) is 56.5. The molecule has 4 aliphatic rings. The number of piperazine rings is 1. The summed E-state index contributed by atoms with van der Waals surface area (Å²) in [5.41, 5.74) is 5.94. The van der Waals surface area contributed by atoms with Crippen LogP contribution in [0.5, 0.6) is 0 Å². The van der Waals surface area contributed by atoms with Crippen LogP contribution >= 0.6 is 11.6 Å². The summed E-state index contributed by atoms with van der Waals surface area (Å²) in [6.45, 7) is 11.5. The molecular formula is C50H54ClN5O10. The summed E-state index contributed by atoms with van der Waals surface area (Å²) in [6.07, 6.45) is 1.21. The van der Waals surface area contributed by atoms with Crippen molar-refractivity contribution in [1.29, 1.82) is 0 Å². The van der Waals surface area contributed by atoms with Crippen LogP contribution in [0.2, 0.25) is 5.02 Å². The summed E-state index contributed by atoms with van der Waals surface area (Å²) in [7, 11) is 1.65. The predicted molar refractivity (Wildman–Crippen MR) is 252 cm³/mol. The van der Waals surface area contributed by atoms with Crippen molar-refractivity contribution in [1.82, 2.24) is 9.80 Å². The molecule has 3 aliphatic heterocycles. The van der Waals surface area contributed by atoms with Crippen molar-refractivity contribution in [3.05, 3.63) is 175 Å². The normalized spacial score (nSPS) is 19.1. The number of nitro groups is 1. The fourth-order valence-electron chi connectivity index (χ4n) is 8.25. The minimum Gasteiger partial charge on any atom is -0.506 e. The number of nitrogens with zero attached hydrogens (tertiary/aromatic N) is 5. The number of carboxylic acid groups (broad SMARTS) is 1. The number of nitro benzene ring substituents is 1. The number of non-ortho nitro benzene ring substituents is 1. The molecule has 1 fully saturated rings. The van der Waals surface area contributed by atoms with Gasteiger partial charge in [0.2, 0.25) is 5.91 Å². The number of fused-ring (bicyclic) bond motifs is 2. The molecule has 3 atom stereocenters. The van der Waals surface area contributed by atoms with E-state index in [-0.39, 0.29) is 42.8 Å². The maximum atomic E-state index is 12.1. The molecule has 4 aromatic rings. The number of ether oxygens (including phenoxy) is 2. The number of carbonyl (C=O) groups is 3. The van der Waals surface area contributed by atoms with Crippen molar-refractivity contribution in [3.8, 4) is 0 Å². The van der Waals surface area contributed by atoms with Crippen LogP contribution in [0.3, 0.4) is 0 Å². The molecule has 0 radical (unpaired) electrons. The van der Waals surface area contributed by atoms with Crippen LogP contribution in [0.1, 0.15) is 49.1 Å². The number of aliphatic hydroxyl groups excluding tert-OH is 2. The van der Waals surface area contributed by atoms with E-state index in [0.717, 1.165) is 43.3 Å². The zero-order valence-corrected chi connectivity index (χ0v) is 38.1. The van der Waals surface area contributed by atoms with E-state index in [0.29, 0.717) is 46.9 Å². The molecule has 1 aliphatic carbocycles. The van der Waals surface area contributed by atoms with Gasteiger partial charge in [-0.3, -0.25) is 34.5 Å². The Bertz CT molecular complexity index is 2520. The van der Waals surface area contributed by atoms with Gasteiger partial charge in [0.05, 0.1) is 54.0 Å². The number of aliphatic hydroxyl groups is 2. The molecular weight excluding hydrogens is 866 g/mol. The highest BCUT2D eigenvalue weighted by Crippen LogP contribution is 2.40. The number of amides is 1. The minimum atomic E-state index is -1.43. The van der Waals surface area contributed by atoms with Gasteiger partial charge in [0.25, 0.3) is 5.69 Å². The molecule has 1 amide bonds. The highest BCUT2D eigenvalue weighted by Gasteiger charge is 2.39. The highest BCUT2D eigenvalue weighted by molar-refractivity contribution is 6.30. The Morgan fingerprint density at radius 1 is 0.939 bits per heavy atom. The van der Waals surface area contributed by atoms with Crippen molar-refractivity contribution in [2.75, 3.05) is 71.0 Å². The number of halogens is 1. The molecule has 3 N–H and O–H groups in total. The molecule has 8 rings (SSSR count). The number of hydrogen-bond acceptors (Lipinski definition) is 12. The second-order valence-electron chi connectivity index (χ2n) is 16.1. The SMILES string of the molecule is CC1=C2C(=CO[C@H](C)[C@H]2C)C(O)=C(C(=O)O)C1=O.CN1C(=O)CN=C(c2ccccc2)c2cc([N+](=O)[O-])ccc21.OCCOCCN1CCN(C(c2ccccc2)c2ccc(Cl)cc2)CC1. The fourth-order valence-corrected chi connectivity index (χ4v) is 8.37. The number of rotatable bonds is 11. The zero-order valence-electron chi connectivity index (χ0n) is 37.3. The average Bonchev–Trinajstić information content (AvgIpc) is 3.44. The summed E-state index contributed by atoms with van der Waals surface area (Å²) in [5, 5.41) is 39.5. The minimum absolute atomic E-state index is 0.0171. The third-order valence-electron chi connectivity index (χ3n) is 12.0. The lowest BCUT2D eigenvalue weighted by atomic mass is 9.78. The number of aliphatic imine (C=N–C) groups is 1.